The van der Waals surface area contributed by atoms with Gasteiger partial charge in [-0.3, -0.25) is 9.20 Å². The van der Waals surface area contributed by atoms with Crippen molar-refractivity contribution in [3.8, 4) is 6.07 Å². The van der Waals surface area contributed by atoms with Crippen LogP contribution >= 0.6 is 39.1 Å². The van der Waals surface area contributed by atoms with Gasteiger partial charge in [0.15, 0.2) is 0 Å². The molecule has 0 spiro atoms. The molecule has 0 amide bonds. The fourth-order valence-corrected chi connectivity index (χ4v) is 4.64. The molecule has 1 atom stereocenters. The lowest BCUT2D eigenvalue weighted by molar-refractivity contribution is 0.996. The van der Waals surface area contributed by atoms with Gasteiger partial charge in [0.05, 0.1) is 27.4 Å². The molecule has 0 fully saturated rings. The van der Waals surface area contributed by atoms with Crippen LogP contribution in [0.1, 0.15) is 18.3 Å². The third-order valence-electron chi connectivity index (χ3n) is 5.16. The topological polar surface area (TPSA) is 58.2 Å². The van der Waals surface area contributed by atoms with Gasteiger partial charge in [-0.2, -0.15) is 5.26 Å². The number of hydrogen-bond donors (Lipinski definition) is 0. The van der Waals surface area contributed by atoms with E-state index in [1.165, 1.54) is 0 Å². The van der Waals surface area contributed by atoms with Crippen LogP contribution in [-0.4, -0.2) is 13.7 Å². The van der Waals surface area contributed by atoms with Crippen LogP contribution in [0.15, 0.2) is 40.7 Å². The Bertz CT molecular complexity index is 1480. The Hall–Kier alpha value is -2.39. The molecule has 0 saturated carbocycles. The maximum Gasteiger partial charge on any atom is 0.264 e. The summed E-state index contributed by atoms with van der Waals surface area (Å²) in [6, 6.07) is 9.21. The fraction of sp³-hybridized carbons (Fsp3) is 0.0952. The molecule has 136 valence electrons. The summed E-state index contributed by atoms with van der Waals surface area (Å²) in [5.74, 6) is 0. The minimum atomic E-state index is -0.625. The van der Waals surface area contributed by atoms with E-state index >= 15 is 0 Å². The van der Waals surface area contributed by atoms with E-state index in [0.717, 1.165) is 5.39 Å². The van der Waals surface area contributed by atoms with Crippen LogP contribution in [0.4, 0.5) is 0 Å². The first-order chi connectivity index (χ1) is 13.3. The van der Waals surface area contributed by atoms with E-state index in [1.54, 1.807) is 28.7 Å². The molecule has 2 aromatic carbocycles. The monoisotopic (exact) mass is 469 g/mol. The highest BCUT2D eigenvalue weighted by atomic mass is 79.9. The third-order valence-corrected chi connectivity index (χ3v) is 6.48. The van der Waals surface area contributed by atoms with Crippen molar-refractivity contribution >= 4 is 78.5 Å². The summed E-state index contributed by atoms with van der Waals surface area (Å²) < 4.78 is 0.934. The van der Waals surface area contributed by atoms with E-state index in [1.807, 2.05) is 25.1 Å². The summed E-state index contributed by atoms with van der Waals surface area (Å²) in [7, 11) is 0. The van der Waals surface area contributed by atoms with Gasteiger partial charge >= 0.3 is 0 Å². The van der Waals surface area contributed by atoms with E-state index < -0.39 is 4.32 Å². The van der Waals surface area contributed by atoms with Crippen molar-refractivity contribution in [2.24, 2.45) is 0 Å². The lowest BCUT2D eigenvalue weighted by Gasteiger charge is -2.15. The lowest BCUT2D eigenvalue weighted by atomic mass is 10.0. The van der Waals surface area contributed by atoms with Crippen LogP contribution in [0.3, 0.4) is 0 Å². The van der Waals surface area contributed by atoms with Crippen molar-refractivity contribution in [3.05, 3.63) is 67.7 Å². The van der Waals surface area contributed by atoms with E-state index in [9.17, 15) is 10.1 Å². The molecular formula is C21H10BrCl2N3O. The second-order valence-corrected chi connectivity index (χ2v) is 9.33. The number of imidazole rings is 1. The highest BCUT2D eigenvalue weighted by Crippen LogP contribution is 2.39. The molecular weight excluding hydrogens is 461 g/mol. The van der Waals surface area contributed by atoms with Crippen molar-refractivity contribution < 1.29 is 0 Å². The number of hydrogen-bond acceptors (Lipinski definition) is 3. The largest absolute Gasteiger partial charge is 0.268 e. The van der Waals surface area contributed by atoms with E-state index in [0.29, 0.717) is 48.8 Å². The quantitative estimate of drug-likeness (QED) is 0.303. The Kier molecular flexibility index (Phi) is 3.67. The Morgan fingerprint density at radius 1 is 1.14 bits per heavy atom. The molecule has 0 saturated heterocycles. The first kappa shape index (κ1) is 17.7. The number of fused-ring (bicyclic) bond motifs is 4. The molecule has 5 rings (SSSR count). The Balaban J connectivity index is 2.05. The van der Waals surface area contributed by atoms with Crippen LogP contribution in [0.5, 0.6) is 0 Å². The maximum absolute atomic E-state index is 13.4. The van der Waals surface area contributed by atoms with Crippen molar-refractivity contribution in [1.82, 2.24) is 9.38 Å². The van der Waals surface area contributed by atoms with Crippen LogP contribution in [0.2, 0.25) is 10.0 Å². The van der Waals surface area contributed by atoms with E-state index in [-0.39, 0.29) is 5.56 Å². The maximum atomic E-state index is 13.4. The van der Waals surface area contributed by atoms with Crippen LogP contribution in [0.25, 0.3) is 39.3 Å². The van der Waals surface area contributed by atoms with Crippen molar-refractivity contribution in [2.75, 3.05) is 0 Å². The van der Waals surface area contributed by atoms with Crippen LogP contribution in [0, 0.1) is 11.3 Å². The normalized spacial score (nSPS) is 19.0. The zero-order valence-corrected chi connectivity index (χ0v) is 17.5. The van der Waals surface area contributed by atoms with E-state index in [2.05, 4.69) is 22.0 Å². The molecule has 0 N–H and O–H groups in total. The average Bonchev–Trinajstić information content (AvgIpc) is 2.96. The zero-order valence-electron chi connectivity index (χ0n) is 14.4. The second-order valence-electron chi connectivity index (χ2n) is 6.87. The molecule has 1 aliphatic rings. The summed E-state index contributed by atoms with van der Waals surface area (Å²) in [4.78, 5) is 18.1. The highest BCUT2D eigenvalue weighted by molar-refractivity contribution is 9.10. The summed E-state index contributed by atoms with van der Waals surface area (Å²) in [6.45, 7) is 1.88. The molecule has 2 heterocycles. The van der Waals surface area contributed by atoms with Crippen LogP contribution < -0.4 is 5.56 Å². The average molecular weight is 471 g/mol. The number of pyridine rings is 1. The number of rotatable bonds is 0. The van der Waals surface area contributed by atoms with Gasteiger partial charge in [-0.05, 0) is 43.3 Å². The first-order valence-electron chi connectivity index (χ1n) is 8.42. The molecule has 0 bridgehead atoms. The number of aromatic nitrogens is 2. The van der Waals surface area contributed by atoms with E-state index in [4.69, 9.17) is 28.2 Å². The third kappa shape index (κ3) is 2.23. The smallest absolute Gasteiger partial charge is 0.264 e. The number of allylic oxidation sites excluding steroid dienone is 2. The minimum Gasteiger partial charge on any atom is -0.268 e. The summed E-state index contributed by atoms with van der Waals surface area (Å²) >= 11 is 16.3. The molecule has 28 heavy (non-hydrogen) atoms. The summed E-state index contributed by atoms with van der Waals surface area (Å²) in [5, 5.41) is 13.2. The summed E-state index contributed by atoms with van der Waals surface area (Å²) in [6.07, 6.45) is 5.40. The van der Waals surface area contributed by atoms with Gasteiger partial charge in [0.1, 0.15) is 5.65 Å². The standard InChI is InChI=1S/C21H10BrCl2N3O/c1-21(22)7-6-15-16(8-10(21)9-25)27-19(26-15)11-2-4-13(23)18-14(24)5-3-12(17(11)18)20(27)28/h2-8H,1H3. The van der Waals surface area contributed by atoms with Gasteiger partial charge in [0.25, 0.3) is 5.56 Å². The van der Waals surface area contributed by atoms with Crippen LogP contribution in [-0.2, 0) is 0 Å². The number of alkyl halides is 1. The SMILES string of the molecule is CC1(Br)C=Cc2nc3c4ccc(Cl)c5c(Cl)ccc(c(=O)n3c2C=C1C#N)c54. The van der Waals surface area contributed by atoms with Gasteiger partial charge in [-0.15, -0.1) is 0 Å². The predicted octanol–water partition coefficient (Wildman–Crippen LogP) is 5.83. The molecule has 4 nitrogen and oxygen atoms in total. The molecule has 0 radical (unpaired) electrons. The van der Waals surface area contributed by atoms with Gasteiger partial charge in [0.2, 0.25) is 0 Å². The molecule has 2 aromatic heterocycles. The minimum absolute atomic E-state index is 0.222. The van der Waals surface area contributed by atoms with Crippen molar-refractivity contribution in [2.45, 2.75) is 11.2 Å². The number of nitrogens with zero attached hydrogens (tertiary/aromatic N) is 3. The molecule has 7 heteroatoms. The Morgan fingerprint density at radius 2 is 1.82 bits per heavy atom. The summed E-state index contributed by atoms with van der Waals surface area (Å²) in [5.41, 5.74) is 1.99. The Labute approximate surface area is 177 Å². The molecule has 4 aromatic rings. The molecule has 1 aliphatic carbocycles. The number of nitriles is 1. The van der Waals surface area contributed by atoms with Gasteiger partial charge in [0, 0.05) is 31.6 Å². The van der Waals surface area contributed by atoms with Gasteiger partial charge in [-0.25, -0.2) is 4.98 Å². The zero-order chi connectivity index (χ0) is 19.8. The fourth-order valence-electron chi connectivity index (χ4n) is 3.74. The second kappa shape index (κ2) is 5.81. The van der Waals surface area contributed by atoms with Gasteiger partial charge < -0.3 is 0 Å². The Morgan fingerprint density at radius 3 is 2.50 bits per heavy atom. The predicted molar refractivity (Wildman–Crippen MR) is 118 cm³/mol. The van der Waals surface area contributed by atoms with Crippen molar-refractivity contribution in [1.29, 1.82) is 5.26 Å². The number of halogens is 3. The molecule has 0 aliphatic heterocycles. The number of benzene rings is 2. The first-order valence-corrected chi connectivity index (χ1v) is 9.97. The van der Waals surface area contributed by atoms with Gasteiger partial charge in [-0.1, -0.05) is 45.2 Å². The molecule has 1 unspecified atom stereocenters. The van der Waals surface area contributed by atoms with Crippen molar-refractivity contribution in [3.63, 3.8) is 0 Å². The highest BCUT2D eigenvalue weighted by Gasteiger charge is 2.28. The lowest BCUT2D eigenvalue weighted by Crippen LogP contribution is -2.16.